The predicted octanol–water partition coefficient (Wildman–Crippen LogP) is 21.2. The highest BCUT2D eigenvalue weighted by molar-refractivity contribution is 7.00. The van der Waals surface area contributed by atoms with E-state index in [2.05, 4.69) is 338 Å². The number of para-hydroxylation sites is 2. The molecule has 0 amide bonds. The Morgan fingerprint density at radius 1 is 0.284 bits per heavy atom. The summed E-state index contributed by atoms with van der Waals surface area (Å²) in [6.07, 6.45) is 0. The molecule has 0 atom stereocenters. The molecule has 88 heavy (non-hydrogen) atoms. The van der Waals surface area contributed by atoms with Crippen molar-refractivity contribution in [2.24, 2.45) is 0 Å². The van der Waals surface area contributed by atoms with Crippen LogP contribution in [0.25, 0.3) is 93.2 Å². The number of hydrogen-bond acceptors (Lipinski definition) is 2. The van der Waals surface area contributed by atoms with Crippen molar-refractivity contribution in [1.82, 2.24) is 4.57 Å². The normalized spacial score (nSPS) is 13.2. The molecule has 0 bridgehead atoms. The van der Waals surface area contributed by atoms with Gasteiger partial charge in [0.2, 0.25) is 0 Å². The van der Waals surface area contributed by atoms with Gasteiger partial charge in [0.05, 0.1) is 16.7 Å². The number of rotatable bonds is 6. The third kappa shape index (κ3) is 8.40. The Labute approximate surface area is 517 Å². The standard InChI is InChI=1S/C84H70BN3/c1-82(2,3)56-39-42-59(43-40-56)86-76-52-60(87-72-36-21-19-29-62(72)63-30-20-22-37-73(63)87)44-46-71(76)85-70-45-38-55(79-65-31-15-17-33-67(65)80(68-34-18-16-32-66(68)79)64-35-23-27-53-26-13-14-28-61(53)64)48-75(70)88(78-51-58(84(7,8)9)50-77(86)81(78)85)74-47-41-57(83(4,5)6)49-69(74)54-24-11-10-12-25-54/h10-52H,1-9H3. The van der Waals surface area contributed by atoms with Crippen LogP contribution in [0.4, 0.5) is 34.1 Å². The van der Waals surface area contributed by atoms with Gasteiger partial charge in [0.25, 0.3) is 6.71 Å². The number of benzene rings is 13. The van der Waals surface area contributed by atoms with E-state index in [4.69, 9.17) is 0 Å². The van der Waals surface area contributed by atoms with E-state index in [0.717, 1.165) is 17.1 Å². The van der Waals surface area contributed by atoms with Gasteiger partial charge in [-0.15, -0.1) is 0 Å². The molecule has 14 aromatic rings. The fraction of sp³-hybridized carbons (Fsp3) is 0.143. The van der Waals surface area contributed by atoms with E-state index in [1.165, 1.54) is 143 Å². The predicted molar refractivity (Wildman–Crippen MR) is 380 cm³/mol. The molecule has 0 unspecified atom stereocenters. The van der Waals surface area contributed by atoms with Gasteiger partial charge in [0, 0.05) is 50.5 Å². The summed E-state index contributed by atoms with van der Waals surface area (Å²) >= 11 is 0. The average molecular weight is 1130 g/mol. The molecule has 0 saturated carbocycles. The molecular weight excluding hydrogens is 1060 g/mol. The zero-order chi connectivity index (χ0) is 60.0. The van der Waals surface area contributed by atoms with Crippen molar-refractivity contribution >= 4 is 111 Å². The number of aromatic nitrogens is 1. The molecule has 2 aliphatic rings. The van der Waals surface area contributed by atoms with E-state index >= 15 is 0 Å². The summed E-state index contributed by atoms with van der Waals surface area (Å²) in [4.78, 5) is 5.28. The van der Waals surface area contributed by atoms with E-state index in [1.54, 1.807) is 0 Å². The van der Waals surface area contributed by atoms with Crippen LogP contribution >= 0.6 is 0 Å². The maximum Gasteiger partial charge on any atom is 0.252 e. The average Bonchev–Trinajstić information content (AvgIpc) is 0.791. The van der Waals surface area contributed by atoms with Gasteiger partial charge in [-0.05, 0) is 176 Å². The Balaban J connectivity index is 1.02. The third-order valence-corrected chi connectivity index (χ3v) is 19.2. The van der Waals surface area contributed by atoms with E-state index < -0.39 is 0 Å². The molecule has 1 aromatic heterocycles. The molecule has 0 fully saturated rings. The maximum atomic E-state index is 2.67. The van der Waals surface area contributed by atoms with Gasteiger partial charge in [0.1, 0.15) is 0 Å². The minimum Gasteiger partial charge on any atom is -0.311 e. The molecule has 2 aliphatic heterocycles. The lowest BCUT2D eigenvalue weighted by atomic mass is 9.33. The summed E-state index contributed by atoms with van der Waals surface area (Å²) in [5.41, 5.74) is 25.3. The smallest absolute Gasteiger partial charge is 0.252 e. The molecule has 3 heterocycles. The van der Waals surface area contributed by atoms with Crippen molar-refractivity contribution in [3.63, 3.8) is 0 Å². The first-order valence-electron chi connectivity index (χ1n) is 31.4. The van der Waals surface area contributed by atoms with Crippen LogP contribution < -0.4 is 26.2 Å². The van der Waals surface area contributed by atoms with Crippen molar-refractivity contribution in [2.75, 3.05) is 9.80 Å². The van der Waals surface area contributed by atoms with Crippen molar-refractivity contribution < 1.29 is 0 Å². The van der Waals surface area contributed by atoms with Crippen LogP contribution in [0.5, 0.6) is 0 Å². The fourth-order valence-electron chi connectivity index (χ4n) is 14.8. The Bertz CT molecular complexity index is 5050. The summed E-state index contributed by atoms with van der Waals surface area (Å²) in [5, 5.41) is 9.95. The summed E-state index contributed by atoms with van der Waals surface area (Å²) in [5.74, 6) is 0. The first kappa shape index (κ1) is 53.6. The van der Waals surface area contributed by atoms with Crippen LogP contribution in [-0.2, 0) is 16.2 Å². The van der Waals surface area contributed by atoms with Crippen LogP contribution in [0.3, 0.4) is 0 Å². The second-order valence-corrected chi connectivity index (χ2v) is 27.7. The maximum absolute atomic E-state index is 2.67. The second kappa shape index (κ2) is 19.8. The number of hydrogen-bond donors (Lipinski definition) is 0. The topological polar surface area (TPSA) is 11.4 Å². The van der Waals surface area contributed by atoms with Gasteiger partial charge in [0.15, 0.2) is 0 Å². The minimum absolute atomic E-state index is 0.0160. The zero-order valence-electron chi connectivity index (χ0n) is 51.7. The Hall–Kier alpha value is -9.90. The van der Waals surface area contributed by atoms with Crippen molar-refractivity contribution in [1.29, 1.82) is 0 Å². The van der Waals surface area contributed by atoms with E-state index in [9.17, 15) is 0 Å². The second-order valence-electron chi connectivity index (χ2n) is 27.7. The molecule has 424 valence electrons. The number of anilines is 6. The number of nitrogens with zero attached hydrogens (tertiary/aromatic N) is 3. The molecule has 0 saturated heterocycles. The van der Waals surface area contributed by atoms with Gasteiger partial charge >= 0.3 is 0 Å². The molecule has 0 N–H and O–H groups in total. The Kier molecular flexibility index (Phi) is 12.1. The van der Waals surface area contributed by atoms with Crippen LogP contribution in [-0.4, -0.2) is 11.3 Å². The third-order valence-electron chi connectivity index (χ3n) is 19.2. The lowest BCUT2D eigenvalue weighted by Crippen LogP contribution is -2.61. The summed E-state index contributed by atoms with van der Waals surface area (Å²) in [7, 11) is 0. The Morgan fingerprint density at radius 3 is 1.39 bits per heavy atom. The van der Waals surface area contributed by atoms with Gasteiger partial charge in [-0.25, -0.2) is 0 Å². The largest absolute Gasteiger partial charge is 0.311 e. The number of fused-ring (bicyclic) bond motifs is 10. The van der Waals surface area contributed by atoms with Crippen LogP contribution in [0, 0.1) is 0 Å². The fourth-order valence-corrected chi connectivity index (χ4v) is 14.8. The SMILES string of the molecule is CC(C)(C)c1ccc(N2c3cc(-n4c5ccccc5c5ccccc54)ccc3B3c4ccc(-c5c6ccccc6c(-c6cccc7ccccc67)c6ccccc56)cc4N(c4ccc(C(C)(C)C)cc4-c4ccccc4)c4cc(C(C)(C)C)cc2c43)cc1. The lowest BCUT2D eigenvalue weighted by molar-refractivity contribution is 0.590. The first-order chi connectivity index (χ1) is 42.6. The monoisotopic (exact) mass is 1130 g/mol. The highest BCUT2D eigenvalue weighted by atomic mass is 15.2. The molecule has 13 aromatic carbocycles. The van der Waals surface area contributed by atoms with Crippen LogP contribution in [0.15, 0.2) is 261 Å². The highest BCUT2D eigenvalue weighted by Gasteiger charge is 2.45. The minimum atomic E-state index is -0.219. The highest BCUT2D eigenvalue weighted by Crippen LogP contribution is 2.52. The van der Waals surface area contributed by atoms with Gasteiger partial charge < -0.3 is 14.4 Å². The summed E-state index contributed by atoms with van der Waals surface area (Å²) in [6.45, 7) is 20.9. The molecular formula is C84H70BN3. The van der Waals surface area contributed by atoms with Crippen LogP contribution in [0.1, 0.15) is 79.0 Å². The van der Waals surface area contributed by atoms with E-state index in [0.29, 0.717) is 0 Å². The van der Waals surface area contributed by atoms with Crippen molar-refractivity contribution in [3.05, 3.63) is 278 Å². The zero-order valence-corrected chi connectivity index (χ0v) is 51.7. The molecule has 4 heteroatoms. The van der Waals surface area contributed by atoms with Gasteiger partial charge in [-0.2, -0.15) is 0 Å². The van der Waals surface area contributed by atoms with Crippen molar-refractivity contribution in [2.45, 2.75) is 78.6 Å². The molecule has 0 radical (unpaired) electrons. The molecule has 16 rings (SSSR count). The Morgan fingerprint density at radius 2 is 0.773 bits per heavy atom. The lowest BCUT2D eigenvalue weighted by Gasteiger charge is -2.45. The summed E-state index contributed by atoms with van der Waals surface area (Å²) in [6, 6.07) is 99.4. The van der Waals surface area contributed by atoms with Crippen LogP contribution in [0.2, 0.25) is 0 Å². The molecule has 3 nitrogen and oxygen atoms in total. The van der Waals surface area contributed by atoms with Gasteiger partial charge in [-0.1, -0.05) is 256 Å². The van der Waals surface area contributed by atoms with Gasteiger partial charge in [-0.3, -0.25) is 0 Å². The van der Waals surface area contributed by atoms with E-state index in [1.807, 2.05) is 0 Å². The quantitative estimate of drug-likeness (QED) is 0.121. The van der Waals surface area contributed by atoms with Crippen molar-refractivity contribution in [3.8, 4) is 39.1 Å². The molecule has 0 spiro atoms. The first-order valence-corrected chi connectivity index (χ1v) is 31.4. The summed E-state index contributed by atoms with van der Waals surface area (Å²) < 4.78 is 2.48. The van der Waals surface area contributed by atoms with E-state index in [-0.39, 0.29) is 23.0 Å². The molecule has 0 aliphatic carbocycles.